The van der Waals surface area contributed by atoms with Crippen LogP contribution in [0.1, 0.15) is 16.8 Å². The van der Waals surface area contributed by atoms with Crippen molar-refractivity contribution in [2.45, 2.75) is 6.42 Å². The van der Waals surface area contributed by atoms with E-state index < -0.39 is 0 Å². The fraction of sp³-hybridized carbons (Fsp3) is 0.263. The number of para-hydroxylation sites is 1. The van der Waals surface area contributed by atoms with Crippen LogP contribution in [0.4, 0.5) is 11.4 Å². The number of carbonyl (C=O) groups is 2. The summed E-state index contributed by atoms with van der Waals surface area (Å²) in [6, 6.07) is 14.0. The van der Waals surface area contributed by atoms with Gasteiger partial charge in [-0.2, -0.15) is 0 Å². The number of carbonyl (C=O) groups excluding carboxylic acids is 2. The topological polar surface area (TPSA) is 79.5 Å². The minimum absolute atomic E-state index is 0.0597. The number of anilines is 2. The van der Waals surface area contributed by atoms with Gasteiger partial charge in [-0.25, -0.2) is 0 Å². The van der Waals surface area contributed by atoms with Crippen molar-refractivity contribution in [3.63, 3.8) is 0 Å². The summed E-state index contributed by atoms with van der Waals surface area (Å²) < 4.78 is 4.95. The standard InChI is InChI=1S/C19H22ClN3O3/c1-26-11-5-10-21-19(25)14-6-4-7-15(12-14)22-13-18(24)23-17-9-3-2-8-16(17)20/h2-4,6-9,12,22H,5,10-11,13H2,1H3,(H,21,25)(H,23,24). The Morgan fingerprint density at radius 3 is 2.69 bits per heavy atom. The van der Waals surface area contributed by atoms with Gasteiger partial charge >= 0.3 is 0 Å². The van der Waals surface area contributed by atoms with Gasteiger partial charge in [0.15, 0.2) is 0 Å². The van der Waals surface area contributed by atoms with Gasteiger partial charge in [0, 0.05) is 31.5 Å². The van der Waals surface area contributed by atoms with E-state index in [1.165, 1.54) is 0 Å². The highest BCUT2D eigenvalue weighted by molar-refractivity contribution is 6.33. The molecular formula is C19H22ClN3O3. The monoisotopic (exact) mass is 375 g/mol. The molecule has 0 spiro atoms. The molecule has 2 amide bonds. The van der Waals surface area contributed by atoms with E-state index in [0.29, 0.717) is 35.1 Å². The first-order valence-electron chi connectivity index (χ1n) is 8.25. The average Bonchev–Trinajstić information content (AvgIpc) is 2.65. The van der Waals surface area contributed by atoms with Crippen LogP contribution in [0, 0.1) is 0 Å². The van der Waals surface area contributed by atoms with Crippen LogP contribution < -0.4 is 16.0 Å². The average molecular weight is 376 g/mol. The number of amides is 2. The van der Waals surface area contributed by atoms with E-state index in [2.05, 4.69) is 16.0 Å². The van der Waals surface area contributed by atoms with Crippen LogP contribution in [0.3, 0.4) is 0 Å². The third kappa shape index (κ3) is 6.38. The number of halogens is 1. The molecule has 2 aromatic rings. The number of hydrogen-bond acceptors (Lipinski definition) is 4. The predicted octanol–water partition coefficient (Wildman–Crippen LogP) is 3.16. The normalized spacial score (nSPS) is 10.2. The maximum Gasteiger partial charge on any atom is 0.251 e. The lowest BCUT2D eigenvalue weighted by atomic mass is 10.2. The molecule has 0 atom stereocenters. The fourth-order valence-electron chi connectivity index (χ4n) is 2.23. The minimum atomic E-state index is -0.229. The molecule has 0 unspecified atom stereocenters. The Kier molecular flexibility index (Phi) is 7.92. The quantitative estimate of drug-likeness (QED) is 0.588. The molecule has 138 valence electrons. The molecule has 0 bridgehead atoms. The first-order valence-corrected chi connectivity index (χ1v) is 8.63. The van der Waals surface area contributed by atoms with E-state index in [1.54, 1.807) is 55.6 Å². The van der Waals surface area contributed by atoms with E-state index >= 15 is 0 Å². The molecule has 0 radical (unpaired) electrons. The van der Waals surface area contributed by atoms with Crippen molar-refractivity contribution >= 4 is 34.8 Å². The number of rotatable bonds is 9. The van der Waals surface area contributed by atoms with E-state index in [0.717, 1.165) is 6.42 Å². The summed E-state index contributed by atoms with van der Waals surface area (Å²) in [6.45, 7) is 1.21. The Labute approximate surface area is 157 Å². The second-order valence-electron chi connectivity index (χ2n) is 5.56. The second-order valence-corrected chi connectivity index (χ2v) is 5.97. The van der Waals surface area contributed by atoms with Crippen molar-refractivity contribution in [1.82, 2.24) is 5.32 Å². The van der Waals surface area contributed by atoms with Gasteiger partial charge in [0.1, 0.15) is 0 Å². The van der Waals surface area contributed by atoms with Crippen molar-refractivity contribution in [2.24, 2.45) is 0 Å². The highest BCUT2D eigenvalue weighted by atomic mass is 35.5. The van der Waals surface area contributed by atoms with Crippen molar-refractivity contribution < 1.29 is 14.3 Å². The molecule has 0 aliphatic carbocycles. The van der Waals surface area contributed by atoms with Gasteiger partial charge < -0.3 is 20.7 Å². The van der Waals surface area contributed by atoms with Gasteiger partial charge in [-0.3, -0.25) is 9.59 Å². The summed E-state index contributed by atoms with van der Waals surface area (Å²) in [4.78, 5) is 24.1. The fourth-order valence-corrected chi connectivity index (χ4v) is 2.41. The van der Waals surface area contributed by atoms with Gasteiger partial charge in [0.05, 0.1) is 17.3 Å². The molecule has 3 N–H and O–H groups in total. The van der Waals surface area contributed by atoms with E-state index in [9.17, 15) is 9.59 Å². The highest BCUT2D eigenvalue weighted by Crippen LogP contribution is 2.20. The molecule has 0 saturated carbocycles. The lowest BCUT2D eigenvalue weighted by molar-refractivity contribution is -0.114. The second kappa shape index (κ2) is 10.4. The summed E-state index contributed by atoms with van der Waals surface area (Å²) in [5.41, 5.74) is 1.77. The zero-order valence-corrected chi connectivity index (χ0v) is 15.3. The van der Waals surface area contributed by atoms with Gasteiger partial charge in [-0.05, 0) is 36.8 Å². The number of hydrogen-bond donors (Lipinski definition) is 3. The molecule has 0 aromatic heterocycles. The summed E-state index contributed by atoms with van der Waals surface area (Å²) in [5, 5.41) is 9.04. The van der Waals surface area contributed by atoms with Gasteiger partial charge in [0.2, 0.25) is 5.91 Å². The maximum atomic E-state index is 12.1. The Morgan fingerprint density at radius 1 is 1.12 bits per heavy atom. The van der Waals surface area contributed by atoms with Gasteiger partial charge in [-0.15, -0.1) is 0 Å². The van der Waals surface area contributed by atoms with Crippen LogP contribution in [-0.2, 0) is 9.53 Å². The number of ether oxygens (including phenoxy) is 1. The number of nitrogens with one attached hydrogen (secondary N) is 3. The van der Waals surface area contributed by atoms with Gasteiger partial charge in [-0.1, -0.05) is 29.8 Å². The van der Waals surface area contributed by atoms with Gasteiger partial charge in [0.25, 0.3) is 5.91 Å². The molecule has 7 heteroatoms. The van der Waals surface area contributed by atoms with Crippen LogP contribution in [0.5, 0.6) is 0 Å². The molecule has 6 nitrogen and oxygen atoms in total. The zero-order chi connectivity index (χ0) is 18.8. The van der Waals surface area contributed by atoms with Crippen LogP contribution in [0.15, 0.2) is 48.5 Å². The first kappa shape index (κ1) is 19.8. The smallest absolute Gasteiger partial charge is 0.251 e. The van der Waals surface area contributed by atoms with Crippen LogP contribution in [0.25, 0.3) is 0 Å². The minimum Gasteiger partial charge on any atom is -0.385 e. The molecule has 26 heavy (non-hydrogen) atoms. The maximum absolute atomic E-state index is 12.1. The summed E-state index contributed by atoms with van der Waals surface area (Å²) in [6.07, 6.45) is 0.752. The lowest BCUT2D eigenvalue weighted by Crippen LogP contribution is -2.25. The summed E-state index contributed by atoms with van der Waals surface area (Å²) in [5.74, 6) is -0.391. The molecule has 0 saturated heterocycles. The molecule has 0 aliphatic rings. The van der Waals surface area contributed by atoms with Crippen molar-refractivity contribution in [1.29, 1.82) is 0 Å². The Hall–Kier alpha value is -2.57. The Morgan fingerprint density at radius 2 is 1.92 bits per heavy atom. The number of benzene rings is 2. The Balaban J connectivity index is 1.85. The third-order valence-electron chi connectivity index (χ3n) is 3.54. The SMILES string of the molecule is COCCCNC(=O)c1cccc(NCC(=O)Nc2ccccc2Cl)c1. The molecular weight excluding hydrogens is 354 g/mol. The van der Waals surface area contributed by atoms with E-state index in [4.69, 9.17) is 16.3 Å². The van der Waals surface area contributed by atoms with Crippen LogP contribution >= 0.6 is 11.6 Å². The van der Waals surface area contributed by atoms with E-state index in [-0.39, 0.29) is 18.4 Å². The molecule has 0 heterocycles. The predicted molar refractivity (Wildman–Crippen MR) is 104 cm³/mol. The molecule has 2 aromatic carbocycles. The molecule has 0 fully saturated rings. The van der Waals surface area contributed by atoms with Crippen LogP contribution in [-0.4, -0.2) is 38.6 Å². The Bertz CT molecular complexity index is 752. The lowest BCUT2D eigenvalue weighted by Gasteiger charge is -2.10. The van der Waals surface area contributed by atoms with Crippen LogP contribution in [0.2, 0.25) is 5.02 Å². The van der Waals surface area contributed by atoms with Crippen molar-refractivity contribution in [3.8, 4) is 0 Å². The largest absolute Gasteiger partial charge is 0.385 e. The third-order valence-corrected chi connectivity index (χ3v) is 3.87. The summed E-state index contributed by atoms with van der Waals surface area (Å²) >= 11 is 6.02. The van der Waals surface area contributed by atoms with Crippen molar-refractivity contribution in [2.75, 3.05) is 37.4 Å². The van der Waals surface area contributed by atoms with E-state index in [1.807, 2.05) is 0 Å². The molecule has 2 rings (SSSR count). The number of methoxy groups -OCH3 is 1. The molecule has 0 aliphatic heterocycles. The highest BCUT2D eigenvalue weighted by Gasteiger charge is 2.08. The summed E-state index contributed by atoms with van der Waals surface area (Å²) in [7, 11) is 1.62. The first-order chi connectivity index (χ1) is 12.6. The zero-order valence-electron chi connectivity index (χ0n) is 14.5. The van der Waals surface area contributed by atoms with Crippen molar-refractivity contribution in [3.05, 3.63) is 59.1 Å².